The lowest BCUT2D eigenvalue weighted by Gasteiger charge is -2.03. The fraction of sp³-hybridized carbons (Fsp3) is 0.0741. The van der Waals surface area contributed by atoms with Crippen LogP contribution >= 0.6 is 0 Å². The first-order valence-corrected chi connectivity index (χ1v) is 10.5. The summed E-state index contributed by atoms with van der Waals surface area (Å²) in [6.45, 7) is 3.89. The average Bonchev–Trinajstić information content (AvgIpc) is 3.39. The number of allylic oxidation sites excluding steroid dienone is 3. The summed E-state index contributed by atoms with van der Waals surface area (Å²) in [4.78, 5) is 12.3. The molecule has 0 saturated carbocycles. The van der Waals surface area contributed by atoms with E-state index in [0.717, 1.165) is 33.9 Å². The second-order valence-electron chi connectivity index (χ2n) is 7.50. The van der Waals surface area contributed by atoms with Gasteiger partial charge in [0.2, 0.25) is 0 Å². The van der Waals surface area contributed by atoms with Gasteiger partial charge >= 0.3 is 0 Å². The Hall–Kier alpha value is -4.45. The molecular formula is C27H24N4O2. The van der Waals surface area contributed by atoms with Crippen LogP contribution in [0, 0.1) is 13.8 Å². The Balaban J connectivity index is 1.43. The Morgan fingerprint density at radius 3 is 1.70 bits per heavy atom. The topological polar surface area (TPSA) is 72.9 Å². The minimum Gasteiger partial charge on any atom is -0.508 e. The zero-order valence-electron chi connectivity index (χ0n) is 18.5. The third-order valence-electron chi connectivity index (χ3n) is 5.25. The minimum atomic E-state index is -0.319. The van der Waals surface area contributed by atoms with Gasteiger partial charge in [-0.15, -0.1) is 0 Å². The molecule has 6 heteroatoms. The van der Waals surface area contributed by atoms with Crippen molar-refractivity contribution in [1.82, 2.24) is 19.6 Å². The van der Waals surface area contributed by atoms with Gasteiger partial charge < -0.3 is 5.11 Å². The van der Waals surface area contributed by atoms with Crippen LogP contribution in [0.3, 0.4) is 0 Å². The van der Waals surface area contributed by atoms with Crippen molar-refractivity contribution < 1.29 is 9.90 Å². The number of hydrogen-bond acceptors (Lipinski definition) is 4. The summed E-state index contributed by atoms with van der Waals surface area (Å²) in [5, 5.41) is 19.0. The number of aliphatic hydroxyl groups is 1. The molecule has 0 atom stereocenters. The Labute approximate surface area is 192 Å². The Morgan fingerprint density at radius 2 is 1.21 bits per heavy atom. The first-order chi connectivity index (χ1) is 16.0. The van der Waals surface area contributed by atoms with Gasteiger partial charge in [0.15, 0.2) is 5.78 Å². The summed E-state index contributed by atoms with van der Waals surface area (Å²) in [6, 6.07) is 19.6. The number of rotatable bonds is 7. The van der Waals surface area contributed by atoms with Gasteiger partial charge in [0.1, 0.15) is 5.76 Å². The van der Waals surface area contributed by atoms with Crippen molar-refractivity contribution in [3.8, 4) is 11.4 Å². The van der Waals surface area contributed by atoms with Crippen molar-refractivity contribution >= 4 is 17.9 Å². The van der Waals surface area contributed by atoms with E-state index >= 15 is 0 Å². The van der Waals surface area contributed by atoms with Crippen LogP contribution in [0.4, 0.5) is 0 Å². The van der Waals surface area contributed by atoms with Gasteiger partial charge in [-0.1, -0.05) is 36.4 Å². The molecule has 4 aromatic rings. The number of ketones is 1. The van der Waals surface area contributed by atoms with E-state index in [2.05, 4.69) is 10.2 Å². The van der Waals surface area contributed by atoms with E-state index < -0.39 is 0 Å². The molecule has 0 unspecified atom stereocenters. The molecule has 0 saturated heterocycles. The van der Waals surface area contributed by atoms with Gasteiger partial charge in [-0.3, -0.25) is 4.79 Å². The van der Waals surface area contributed by atoms with Gasteiger partial charge in [-0.25, -0.2) is 9.36 Å². The molecule has 0 aliphatic rings. The first-order valence-electron chi connectivity index (χ1n) is 10.5. The monoisotopic (exact) mass is 436 g/mol. The van der Waals surface area contributed by atoms with Crippen molar-refractivity contribution in [2.24, 2.45) is 0 Å². The fourth-order valence-corrected chi connectivity index (χ4v) is 3.42. The first kappa shape index (κ1) is 21.8. The highest BCUT2D eigenvalue weighted by Crippen LogP contribution is 2.17. The molecule has 2 aromatic heterocycles. The van der Waals surface area contributed by atoms with Gasteiger partial charge in [0.05, 0.1) is 23.8 Å². The lowest BCUT2D eigenvalue weighted by molar-refractivity contribution is -0.110. The predicted molar refractivity (Wildman–Crippen MR) is 130 cm³/mol. The van der Waals surface area contributed by atoms with Crippen LogP contribution < -0.4 is 0 Å². The zero-order chi connectivity index (χ0) is 23.2. The largest absolute Gasteiger partial charge is 0.508 e. The van der Waals surface area contributed by atoms with Crippen molar-refractivity contribution in [3.63, 3.8) is 0 Å². The molecule has 0 fully saturated rings. The quantitative estimate of drug-likeness (QED) is 0.239. The number of hydrogen-bond donors (Lipinski definition) is 1. The Morgan fingerprint density at radius 1 is 0.758 bits per heavy atom. The van der Waals surface area contributed by atoms with Crippen LogP contribution in [0.2, 0.25) is 0 Å². The SMILES string of the molecule is Cc1c(/C=C/C(=O)/C=C(O)/C=C/c2cnn(-c3ccccc3)c2C)cnn1-c1ccccc1. The van der Waals surface area contributed by atoms with E-state index in [0.29, 0.717) is 0 Å². The van der Waals surface area contributed by atoms with Crippen LogP contribution in [0.15, 0.2) is 97.0 Å². The molecule has 4 rings (SSSR count). The standard InChI is InChI=1S/C27H24N4O2/c1-20-22(18-28-30(20)24-9-5-3-6-10-24)13-15-26(32)17-27(33)16-14-23-19-29-31(21(23)2)25-11-7-4-8-12-25/h3-19,32H,1-2H3/b15-13+,16-14+,26-17-. The van der Waals surface area contributed by atoms with Gasteiger partial charge in [0, 0.05) is 28.6 Å². The summed E-state index contributed by atoms with van der Waals surface area (Å²) in [5.41, 5.74) is 5.45. The normalized spacial score (nSPS) is 12.1. The highest BCUT2D eigenvalue weighted by atomic mass is 16.3. The minimum absolute atomic E-state index is 0.131. The van der Waals surface area contributed by atoms with Crippen molar-refractivity contribution in [3.05, 3.63) is 120 Å². The number of aromatic nitrogens is 4. The lowest BCUT2D eigenvalue weighted by Crippen LogP contribution is -1.98. The molecule has 2 heterocycles. The van der Waals surface area contributed by atoms with Crippen molar-refractivity contribution in [2.75, 3.05) is 0 Å². The molecule has 0 aliphatic carbocycles. The Kier molecular flexibility index (Phi) is 6.45. The maximum atomic E-state index is 12.3. The molecule has 0 aliphatic heterocycles. The number of carbonyl (C=O) groups is 1. The summed E-state index contributed by atoms with van der Waals surface area (Å²) >= 11 is 0. The predicted octanol–water partition coefficient (Wildman–Crippen LogP) is 5.41. The molecule has 0 bridgehead atoms. The third kappa shape index (κ3) is 5.07. The highest BCUT2D eigenvalue weighted by Gasteiger charge is 2.07. The smallest absolute Gasteiger partial charge is 0.182 e. The fourth-order valence-electron chi connectivity index (χ4n) is 3.42. The molecule has 164 valence electrons. The van der Waals surface area contributed by atoms with Crippen LogP contribution in [0.1, 0.15) is 22.5 Å². The average molecular weight is 437 g/mol. The van der Waals surface area contributed by atoms with Crippen molar-refractivity contribution in [1.29, 1.82) is 0 Å². The number of para-hydroxylation sites is 2. The van der Waals surface area contributed by atoms with E-state index in [1.54, 1.807) is 24.5 Å². The zero-order valence-corrected chi connectivity index (χ0v) is 18.5. The van der Waals surface area contributed by atoms with E-state index in [1.165, 1.54) is 18.2 Å². The van der Waals surface area contributed by atoms with E-state index in [-0.39, 0.29) is 11.5 Å². The number of carbonyl (C=O) groups excluding carboxylic acids is 1. The summed E-state index contributed by atoms with van der Waals surface area (Å²) in [6.07, 6.45) is 11.0. The van der Waals surface area contributed by atoms with Gasteiger partial charge in [-0.2, -0.15) is 10.2 Å². The van der Waals surface area contributed by atoms with E-state index in [9.17, 15) is 9.90 Å². The summed E-state index contributed by atoms with van der Waals surface area (Å²) < 4.78 is 3.64. The van der Waals surface area contributed by atoms with E-state index in [1.807, 2.05) is 83.9 Å². The maximum Gasteiger partial charge on any atom is 0.182 e. The van der Waals surface area contributed by atoms with E-state index in [4.69, 9.17) is 0 Å². The summed E-state index contributed by atoms with van der Waals surface area (Å²) in [7, 11) is 0. The lowest BCUT2D eigenvalue weighted by atomic mass is 10.2. The number of aliphatic hydroxyl groups excluding tert-OH is 1. The molecule has 6 nitrogen and oxygen atoms in total. The van der Waals surface area contributed by atoms with Crippen LogP contribution in [0.5, 0.6) is 0 Å². The molecule has 33 heavy (non-hydrogen) atoms. The summed E-state index contributed by atoms with van der Waals surface area (Å²) in [5.74, 6) is -0.450. The maximum absolute atomic E-state index is 12.3. The van der Waals surface area contributed by atoms with Crippen LogP contribution in [0.25, 0.3) is 23.5 Å². The number of nitrogens with zero attached hydrogens (tertiary/aromatic N) is 4. The van der Waals surface area contributed by atoms with Crippen molar-refractivity contribution in [2.45, 2.75) is 13.8 Å². The van der Waals surface area contributed by atoms with Crippen LogP contribution in [-0.4, -0.2) is 30.5 Å². The van der Waals surface area contributed by atoms with Gasteiger partial charge in [-0.05, 0) is 62.4 Å². The molecule has 0 radical (unpaired) electrons. The Bertz CT molecular complexity index is 1340. The molecular weight excluding hydrogens is 412 g/mol. The molecule has 0 amide bonds. The molecule has 1 N–H and O–H groups in total. The number of benzene rings is 2. The van der Waals surface area contributed by atoms with Gasteiger partial charge in [0.25, 0.3) is 0 Å². The second kappa shape index (κ2) is 9.78. The van der Waals surface area contributed by atoms with Crippen LogP contribution in [-0.2, 0) is 4.79 Å². The molecule has 0 spiro atoms. The highest BCUT2D eigenvalue weighted by molar-refractivity contribution is 6.02. The second-order valence-corrected chi connectivity index (χ2v) is 7.50. The molecule has 2 aromatic carbocycles. The third-order valence-corrected chi connectivity index (χ3v) is 5.25.